The second kappa shape index (κ2) is 9.17. The van der Waals surface area contributed by atoms with Crippen LogP contribution in [0.4, 0.5) is 11.4 Å². The maximum atomic E-state index is 11.3. The number of nitrogen functional groups attached to an aromatic ring is 1. The molecule has 0 heterocycles. The fourth-order valence-corrected chi connectivity index (χ4v) is 1.76. The Hall–Kier alpha value is -1.79. The lowest BCUT2D eigenvalue weighted by Crippen LogP contribution is -2.16. The van der Waals surface area contributed by atoms with E-state index >= 15 is 0 Å². The Morgan fingerprint density at radius 2 is 2.05 bits per heavy atom. The van der Waals surface area contributed by atoms with Gasteiger partial charge in [-0.3, -0.25) is 4.79 Å². The number of ether oxygens (including phenoxy) is 2. The summed E-state index contributed by atoms with van der Waals surface area (Å²) in [4.78, 5) is 11.3. The maximum Gasteiger partial charge on any atom is 0.250 e. The number of hydrogen-bond acceptors (Lipinski definition) is 5. The van der Waals surface area contributed by atoms with Crippen molar-refractivity contribution in [1.82, 2.24) is 0 Å². The van der Waals surface area contributed by atoms with E-state index in [1.54, 1.807) is 25.3 Å². The third-order valence-corrected chi connectivity index (χ3v) is 2.81. The molecule has 0 aromatic heterocycles. The van der Waals surface area contributed by atoms with Gasteiger partial charge in [-0.15, -0.1) is 0 Å². The zero-order valence-corrected chi connectivity index (χ0v) is 11.9. The normalized spacial score (nSPS) is 10.4. The number of amides is 1. The molecule has 0 bridgehead atoms. The van der Waals surface area contributed by atoms with Crippen LogP contribution in [0, 0.1) is 0 Å². The molecule has 1 rings (SSSR count). The van der Waals surface area contributed by atoms with Crippen molar-refractivity contribution in [3.05, 3.63) is 23.8 Å². The first-order valence-electron chi connectivity index (χ1n) is 6.65. The zero-order valence-electron chi connectivity index (χ0n) is 11.9. The van der Waals surface area contributed by atoms with E-state index in [0.717, 1.165) is 12.8 Å². The average Bonchev–Trinajstić information content (AvgIpc) is 2.43. The van der Waals surface area contributed by atoms with Crippen LogP contribution in [0.3, 0.4) is 0 Å². The van der Waals surface area contributed by atoms with Gasteiger partial charge in [0.05, 0.1) is 30.2 Å². The molecule has 1 aromatic rings. The Kier molecular flexibility index (Phi) is 7.46. The van der Waals surface area contributed by atoms with Crippen LogP contribution in [-0.4, -0.2) is 39.4 Å². The van der Waals surface area contributed by atoms with Crippen molar-refractivity contribution in [2.75, 3.05) is 44.5 Å². The lowest BCUT2D eigenvalue weighted by molar-refractivity contribution is 0.0691. The predicted molar refractivity (Wildman–Crippen MR) is 79.8 cm³/mol. The molecule has 0 spiro atoms. The number of carbonyl (C=O) groups excluding carboxylic acids is 1. The monoisotopic (exact) mass is 281 g/mol. The standard InChI is InChI=1S/C14H23N3O3/c1-19-9-10-20-8-3-2-7-17-13-11(14(16)18)5-4-6-12(13)15/h4-6,17H,2-3,7-10,15H2,1H3,(H2,16,18). The lowest BCUT2D eigenvalue weighted by atomic mass is 10.1. The fourth-order valence-electron chi connectivity index (χ4n) is 1.76. The van der Waals surface area contributed by atoms with Crippen molar-refractivity contribution >= 4 is 17.3 Å². The molecule has 6 nitrogen and oxygen atoms in total. The molecule has 1 aromatic carbocycles. The van der Waals surface area contributed by atoms with Crippen LogP contribution in [0.2, 0.25) is 0 Å². The first-order chi connectivity index (χ1) is 9.66. The van der Waals surface area contributed by atoms with Crippen LogP contribution in [0.1, 0.15) is 23.2 Å². The molecule has 0 aliphatic rings. The van der Waals surface area contributed by atoms with E-state index in [9.17, 15) is 4.79 Å². The van der Waals surface area contributed by atoms with E-state index < -0.39 is 5.91 Å². The minimum Gasteiger partial charge on any atom is -0.397 e. The number of rotatable bonds is 10. The van der Waals surface area contributed by atoms with Gasteiger partial charge in [-0.1, -0.05) is 6.07 Å². The summed E-state index contributed by atoms with van der Waals surface area (Å²) in [5, 5.41) is 3.16. The van der Waals surface area contributed by atoms with Crippen molar-refractivity contribution in [1.29, 1.82) is 0 Å². The van der Waals surface area contributed by atoms with E-state index in [0.29, 0.717) is 43.3 Å². The quantitative estimate of drug-likeness (QED) is 0.442. The van der Waals surface area contributed by atoms with Gasteiger partial charge in [-0.25, -0.2) is 0 Å². The summed E-state index contributed by atoms with van der Waals surface area (Å²) in [6.07, 6.45) is 1.84. The Bertz CT molecular complexity index is 424. The smallest absolute Gasteiger partial charge is 0.250 e. The molecule has 0 atom stereocenters. The van der Waals surface area contributed by atoms with Crippen LogP contribution in [-0.2, 0) is 9.47 Å². The highest BCUT2D eigenvalue weighted by Gasteiger charge is 2.09. The summed E-state index contributed by atoms with van der Waals surface area (Å²) in [6, 6.07) is 5.11. The number of methoxy groups -OCH3 is 1. The van der Waals surface area contributed by atoms with Gasteiger partial charge in [0.1, 0.15) is 0 Å². The molecule has 0 aliphatic heterocycles. The summed E-state index contributed by atoms with van der Waals surface area (Å²) < 4.78 is 10.2. The highest BCUT2D eigenvalue weighted by molar-refractivity contribution is 6.01. The second-order valence-corrected chi connectivity index (χ2v) is 4.37. The third-order valence-electron chi connectivity index (χ3n) is 2.81. The Balaban J connectivity index is 2.30. The molecule has 0 saturated carbocycles. The van der Waals surface area contributed by atoms with E-state index in [4.69, 9.17) is 20.9 Å². The molecule has 6 heteroatoms. The summed E-state index contributed by atoms with van der Waals surface area (Å²) in [7, 11) is 1.65. The van der Waals surface area contributed by atoms with E-state index in [2.05, 4.69) is 5.32 Å². The van der Waals surface area contributed by atoms with Gasteiger partial charge in [-0.05, 0) is 25.0 Å². The van der Waals surface area contributed by atoms with Gasteiger partial charge < -0.3 is 26.3 Å². The lowest BCUT2D eigenvalue weighted by Gasteiger charge is -2.12. The Morgan fingerprint density at radius 1 is 1.25 bits per heavy atom. The fraction of sp³-hybridized carbons (Fsp3) is 0.500. The number of carbonyl (C=O) groups is 1. The summed E-state index contributed by atoms with van der Waals surface area (Å²) in [5.41, 5.74) is 12.7. The second-order valence-electron chi connectivity index (χ2n) is 4.37. The molecule has 0 radical (unpaired) electrons. The SMILES string of the molecule is COCCOCCCCNc1c(N)cccc1C(N)=O. The number of benzene rings is 1. The number of para-hydroxylation sites is 1. The number of primary amides is 1. The number of nitrogens with two attached hydrogens (primary N) is 2. The number of unbranched alkanes of at least 4 members (excludes halogenated alkanes) is 1. The first-order valence-corrected chi connectivity index (χ1v) is 6.65. The van der Waals surface area contributed by atoms with E-state index in [1.165, 1.54) is 0 Å². The molecule has 5 N–H and O–H groups in total. The number of hydrogen-bond donors (Lipinski definition) is 3. The molecule has 0 aliphatic carbocycles. The van der Waals surface area contributed by atoms with E-state index in [-0.39, 0.29) is 0 Å². The summed E-state index contributed by atoms with van der Waals surface area (Å²) in [5.74, 6) is -0.484. The first kappa shape index (κ1) is 16.3. The van der Waals surface area contributed by atoms with Crippen molar-refractivity contribution in [2.24, 2.45) is 5.73 Å². The maximum absolute atomic E-state index is 11.3. The number of anilines is 2. The van der Waals surface area contributed by atoms with Gasteiger partial charge >= 0.3 is 0 Å². The van der Waals surface area contributed by atoms with Crippen molar-refractivity contribution in [3.8, 4) is 0 Å². The average molecular weight is 281 g/mol. The molecule has 112 valence electrons. The molecular formula is C14H23N3O3. The summed E-state index contributed by atoms with van der Waals surface area (Å²) in [6.45, 7) is 2.63. The molecule has 0 fully saturated rings. The largest absolute Gasteiger partial charge is 0.397 e. The summed E-state index contributed by atoms with van der Waals surface area (Å²) >= 11 is 0. The molecule has 0 unspecified atom stereocenters. The molecule has 1 amide bonds. The van der Waals surface area contributed by atoms with Crippen molar-refractivity contribution < 1.29 is 14.3 Å². The van der Waals surface area contributed by atoms with Crippen LogP contribution in [0.5, 0.6) is 0 Å². The van der Waals surface area contributed by atoms with Gasteiger partial charge in [0.2, 0.25) is 0 Å². The van der Waals surface area contributed by atoms with Gasteiger partial charge in [0, 0.05) is 20.3 Å². The van der Waals surface area contributed by atoms with Gasteiger partial charge in [-0.2, -0.15) is 0 Å². The number of nitrogens with one attached hydrogen (secondary N) is 1. The Morgan fingerprint density at radius 3 is 2.75 bits per heavy atom. The van der Waals surface area contributed by atoms with Gasteiger partial charge in [0.15, 0.2) is 0 Å². The molecular weight excluding hydrogens is 258 g/mol. The minimum atomic E-state index is -0.484. The van der Waals surface area contributed by atoms with Gasteiger partial charge in [0.25, 0.3) is 5.91 Å². The zero-order chi connectivity index (χ0) is 14.8. The van der Waals surface area contributed by atoms with Crippen LogP contribution < -0.4 is 16.8 Å². The topological polar surface area (TPSA) is 99.6 Å². The minimum absolute atomic E-state index is 0.418. The highest BCUT2D eigenvalue weighted by Crippen LogP contribution is 2.22. The predicted octanol–water partition coefficient (Wildman–Crippen LogP) is 1.22. The molecule has 0 saturated heterocycles. The van der Waals surface area contributed by atoms with Crippen LogP contribution in [0.15, 0.2) is 18.2 Å². The highest BCUT2D eigenvalue weighted by atomic mass is 16.5. The van der Waals surface area contributed by atoms with Crippen LogP contribution >= 0.6 is 0 Å². The van der Waals surface area contributed by atoms with Crippen molar-refractivity contribution in [2.45, 2.75) is 12.8 Å². The third kappa shape index (κ3) is 5.46. The van der Waals surface area contributed by atoms with Crippen molar-refractivity contribution in [3.63, 3.8) is 0 Å². The molecule has 20 heavy (non-hydrogen) atoms. The Labute approximate surface area is 119 Å². The van der Waals surface area contributed by atoms with Crippen LogP contribution in [0.25, 0.3) is 0 Å². The van der Waals surface area contributed by atoms with E-state index in [1.807, 2.05) is 0 Å².